The monoisotopic (exact) mass is 314 g/mol. The summed E-state index contributed by atoms with van der Waals surface area (Å²) in [6.45, 7) is 2.94. The standard InChI is InChI=1S/C15H23FN2O2S/c1-11-6-13(9-14(16)7-11)15(17)8-12-4-3-5-18(10-12)21(2,19)20/h6-7,9,12,15H,3-5,8,10,17H2,1-2H3. The SMILES string of the molecule is Cc1cc(F)cc(C(N)CC2CCCN(S(C)(=O)=O)C2)c1. The van der Waals surface area contributed by atoms with E-state index < -0.39 is 10.0 Å². The van der Waals surface area contributed by atoms with Crippen LogP contribution in [0.1, 0.15) is 36.4 Å². The first kappa shape index (κ1) is 16.4. The number of hydrogen-bond donors (Lipinski definition) is 1. The third-order valence-electron chi connectivity index (χ3n) is 4.03. The van der Waals surface area contributed by atoms with Gasteiger partial charge in [-0.25, -0.2) is 17.1 Å². The lowest BCUT2D eigenvalue weighted by Gasteiger charge is -2.32. The molecule has 2 atom stereocenters. The number of rotatable bonds is 4. The maximum atomic E-state index is 13.4. The third kappa shape index (κ3) is 4.49. The number of sulfonamides is 1. The lowest BCUT2D eigenvalue weighted by atomic mass is 9.89. The fourth-order valence-corrected chi connectivity index (χ4v) is 3.94. The molecule has 1 aromatic rings. The maximum Gasteiger partial charge on any atom is 0.211 e. The fraction of sp³-hybridized carbons (Fsp3) is 0.600. The summed E-state index contributed by atoms with van der Waals surface area (Å²) < 4.78 is 38.2. The number of hydrogen-bond acceptors (Lipinski definition) is 3. The highest BCUT2D eigenvalue weighted by Crippen LogP contribution is 2.27. The predicted molar refractivity (Wildman–Crippen MR) is 81.8 cm³/mol. The molecule has 2 rings (SSSR count). The van der Waals surface area contributed by atoms with Gasteiger partial charge in [0, 0.05) is 19.1 Å². The van der Waals surface area contributed by atoms with Gasteiger partial charge in [-0.05, 0) is 55.4 Å². The Morgan fingerprint density at radius 3 is 2.76 bits per heavy atom. The molecule has 1 fully saturated rings. The Balaban J connectivity index is 2.03. The second-order valence-corrected chi connectivity index (χ2v) is 8.02. The maximum absolute atomic E-state index is 13.4. The molecular weight excluding hydrogens is 291 g/mol. The Morgan fingerprint density at radius 1 is 1.43 bits per heavy atom. The molecule has 0 bridgehead atoms. The smallest absolute Gasteiger partial charge is 0.211 e. The molecule has 0 radical (unpaired) electrons. The molecule has 0 saturated carbocycles. The largest absolute Gasteiger partial charge is 0.324 e. The van der Waals surface area contributed by atoms with Crippen LogP contribution in [0.3, 0.4) is 0 Å². The Labute approximate surface area is 126 Å². The van der Waals surface area contributed by atoms with Crippen LogP contribution in [0, 0.1) is 18.7 Å². The van der Waals surface area contributed by atoms with Gasteiger partial charge >= 0.3 is 0 Å². The van der Waals surface area contributed by atoms with E-state index in [1.54, 1.807) is 0 Å². The van der Waals surface area contributed by atoms with Gasteiger partial charge in [-0.15, -0.1) is 0 Å². The summed E-state index contributed by atoms with van der Waals surface area (Å²) in [6, 6.07) is 4.58. The van der Waals surface area contributed by atoms with Gasteiger partial charge in [0.15, 0.2) is 0 Å². The summed E-state index contributed by atoms with van der Waals surface area (Å²) >= 11 is 0. The number of nitrogens with zero attached hydrogens (tertiary/aromatic N) is 1. The van der Waals surface area contributed by atoms with Gasteiger partial charge in [-0.2, -0.15) is 0 Å². The number of aryl methyl sites for hydroxylation is 1. The van der Waals surface area contributed by atoms with Crippen molar-refractivity contribution < 1.29 is 12.8 Å². The van der Waals surface area contributed by atoms with Crippen LogP contribution < -0.4 is 5.73 Å². The van der Waals surface area contributed by atoms with Crippen LogP contribution in [0.25, 0.3) is 0 Å². The number of benzene rings is 1. The molecule has 1 aliphatic rings. The predicted octanol–water partition coefficient (Wildman–Crippen LogP) is 2.20. The molecule has 21 heavy (non-hydrogen) atoms. The Morgan fingerprint density at radius 2 is 2.14 bits per heavy atom. The number of piperidine rings is 1. The van der Waals surface area contributed by atoms with E-state index in [4.69, 9.17) is 5.73 Å². The van der Waals surface area contributed by atoms with E-state index in [1.807, 2.05) is 13.0 Å². The van der Waals surface area contributed by atoms with Crippen LogP contribution in [0.5, 0.6) is 0 Å². The van der Waals surface area contributed by atoms with Crippen molar-refractivity contribution in [2.45, 2.75) is 32.2 Å². The van der Waals surface area contributed by atoms with Crippen LogP contribution in [0.4, 0.5) is 4.39 Å². The summed E-state index contributed by atoms with van der Waals surface area (Å²) in [6.07, 6.45) is 3.74. The summed E-state index contributed by atoms with van der Waals surface area (Å²) in [4.78, 5) is 0. The fourth-order valence-electron chi connectivity index (χ4n) is 2.99. The number of nitrogens with two attached hydrogens (primary N) is 1. The summed E-state index contributed by atoms with van der Waals surface area (Å²) in [5.74, 6) is -0.0473. The zero-order valence-corrected chi connectivity index (χ0v) is 13.4. The van der Waals surface area contributed by atoms with Crippen molar-refractivity contribution >= 4 is 10.0 Å². The summed E-state index contributed by atoms with van der Waals surface area (Å²) in [5, 5.41) is 0. The van der Waals surface area contributed by atoms with Crippen molar-refractivity contribution in [1.82, 2.24) is 4.31 Å². The van der Waals surface area contributed by atoms with E-state index in [1.165, 1.54) is 22.7 Å². The van der Waals surface area contributed by atoms with E-state index in [0.717, 1.165) is 24.0 Å². The van der Waals surface area contributed by atoms with E-state index in [0.29, 0.717) is 19.5 Å². The highest BCUT2D eigenvalue weighted by atomic mass is 32.2. The van der Waals surface area contributed by atoms with Crippen molar-refractivity contribution in [3.63, 3.8) is 0 Å². The highest BCUT2D eigenvalue weighted by Gasteiger charge is 2.27. The van der Waals surface area contributed by atoms with E-state index >= 15 is 0 Å². The van der Waals surface area contributed by atoms with Crippen LogP contribution in [0.15, 0.2) is 18.2 Å². The minimum atomic E-state index is -3.14. The van der Waals surface area contributed by atoms with Gasteiger partial charge in [0.05, 0.1) is 6.26 Å². The summed E-state index contributed by atoms with van der Waals surface area (Å²) in [5.41, 5.74) is 7.81. The molecule has 0 aliphatic carbocycles. The first-order chi connectivity index (χ1) is 9.75. The zero-order chi connectivity index (χ0) is 15.6. The molecular formula is C15H23FN2O2S. The molecule has 0 spiro atoms. The second-order valence-electron chi connectivity index (χ2n) is 6.03. The van der Waals surface area contributed by atoms with Crippen molar-refractivity contribution in [2.24, 2.45) is 11.7 Å². The molecule has 1 saturated heterocycles. The minimum Gasteiger partial charge on any atom is -0.324 e. The van der Waals surface area contributed by atoms with E-state index in [2.05, 4.69) is 0 Å². The molecule has 1 heterocycles. The topological polar surface area (TPSA) is 63.4 Å². The first-order valence-electron chi connectivity index (χ1n) is 7.23. The molecule has 6 heteroatoms. The van der Waals surface area contributed by atoms with Crippen LogP contribution >= 0.6 is 0 Å². The van der Waals surface area contributed by atoms with Gasteiger partial charge in [-0.3, -0.25) is 0 Å². The van der Waals surface area contributed by atoms with Crippen LogP contribution in [-0.2, 0) is 10.0 Å². The van der Waals surface area contributed by atoms with Crippen LogP contribution in [-0.4, -0.2) is 32.1 Å². The average molecular weight is 314 g/mol. The number of halogens is 1. The lowest BCUT2D eigenvalue weighted by Crippen LogP contribution is -2.40. The second kappa shape index (κ2) is 6.42. The Hall–Kier alpha value is -0.980. The molecule has 1 aliphatic heterocycles. The molecule has 1 aromatic carbocycles. The minimum absolute atomic E-state index is 0.229. The van der Waals surface area contributed by atoms with Crippen molar-refractivity contribution in [1.29, 1.82) is 0 Å². The zero-order valence-electron chi connectivity index (χ0n) is 12.5. The normalized spacial score (nSPS) is 22.2. The van der Waals surface area contributed by atoms with E-state index in [-0.39, 0.29) is 17.8 Å². The van der Waals surface area contributed by atoms with Gasteiger partial charge < -0.3 is 5.73 Å². The van der Waals surface area contributed by atoms with Gasteiger partial charge in [-0.1, -0.05) is 6.07 Å². The highest BCUT2D eigenvalue weighted by molar-refractivity contribution is 7.88. The van der Waals surface area contributed by atoms with E-state index in [9.17, 15) is 12.8 Å². The molecule has 0 aromatic heterocycles. The van der Waals surface area contributed by atoms with Crippen LogP contribution in [0.2, 0.25) is 0 Å². The Bertz CT molecular complexity index is 583. The van der Waals surface area contributed by atoms with Crippen molar-refractivity contribution in [3.05, 3.63) is 35.1 Å². The Kier molecular flexibility index (Phi) is 5.01. The van der Waals surface area contributed by atoms with Crippen molar-refractivity contribution in [2.75, 3.05) is 19.3 Å². The van der Waals surface area contributed by atoms with Crippen molar-refractivity contribution in [3.8, 4) is 0 Å². The quantitative estimate of drug-likeness (QED) is 0.926. The summed E-state index contributed by atoms with van der Waals surface area (Å²) in [7, 11) is -3.14. The first-order valence-corrected chi connectivity index (χ1v) is 9.08. The van der Waals surface area contributed by atoms with Gasteiger partial charge in [0.2, 0.25) is 10.0 Å². The molecule has 0 amide bonds. The van der Waals surface area contributed by atoms with Gasteiger partial charge in [0.25, 0.3) is 0 Å². The third-order valence-corrected chi connectivity index (χ3v) is 5.30. The molecule has 2 N–H and O–H groups in total. The lowest BCUT2D eigenvalue weighted by molar-refractivity contribution is 0.247. The average Bonchev–Trinajstić information content (AvgIpc) is 2.37. The molecule has 118 valence electrons. The molecule has 2 unspecified atom stereocenters. The molecule has 4 nitrogen and oxygen atoms in total. The van der Waals surface area contributed by atoms with Gasteiger partial charge in [0.1, 0.15) is 5.82 Å².